The number of benzene rings is 5. The number of fused-ring (bicyclic) bond motifs is 1. The Morgan fingerprint density at radius 1 is 0.780 bits per heavy atom. The summed E-state index contributed by atoms with van der Waals surface area (Å²) in [7, 11) is 4.64. The molecule has 2 amide bonds. The minimum absolute atomic E-state index is 0.0231. The van der Waals surface area contributed by atoms with Gasteiger partial charge in [-0.25, -0.2) is 9.59 Å². The number of carbonyl (C=O) groups excluding carboxylic acids is 2. The first kappa shape index (κ1) is 41.4. The fourth-order valence-electron chi connectivity index (χ4n) is 7.98. The van der Waals surface area contributed by atoms with Crippen molar-refractivity contribution in [2.75, 3.05) is 34.4 Å². The van der Waals surface area contributed by atoms with Gasteiger partial charge in [0.2, 0.25) is 0 Å². The van der Waals surface area contributed by atoms with Crippen molar-refractivity contribution in [1.82, 2.24) is 15.5 Å². The van der Waals surface area contributed by atoms with E-state index >= 15 is 0 Å². The van der Waals surface area contributed by atoms with Gasteiger partial charge in [-0.2, -0.15) is 0 Å². The summed E-state index contributed by atoms with van der Waals surface area (Å²) in [5.41, 5.74) is 9.02. The van der Waals surface area contributed by atoms with Crippen molar-refractivity contribution in [3.8, 4) is 22.6 Å². The molecule has 0 radical (unpaired) electrons. The van der Waals surface area contributed by atoms with Crippen LogP contribution in [0.3, 0.4) is 0 Å². The lowest BCUT2D eigenvalue weighted by Gasteiger charge is -2.43. The van der Waals surface area contributed by atoms with Crippen LogP contribution in [0.2, 0.25) is 0 Å². The first-order valence-corrected chi connectivity index (χ1v) is 20.1. The van der Waals surface area contributed by atoms with Crippen LogP contribution in [0.1, 0.15) is 58.3 Å². The molecule has 5 atom stereocenters. The van der Waals surface area contributed by atoms with Crippen molar-refractivity contribution >= 4 is 12.0 Å². The molecule has 1 fully saturated rings. The zero-order valence-electron chi connectivity index (χ0n) is 34.1. The molecule has 2 aliphatic rings. The van der Waals surface area contributed by atoms with Crippen LogP contribution in [0.15, 0.2) is 115 Å². The lowest BCUT2D eigenvalue weighted by molar-refractivity contribution is -0.276. The molecule has 0 bridgehead atoms. The second-order valence-corrected chi connectivity index (χ2v) is 15.2. The van der Waals surface area contributed by atoms with Crippen LogP contribution >= 0.6 is 0 Å². The number of ether oxygens (including phenoxy) is 5. The van der Waals surface area contributed by atoms with Crippen molar-refractivity contribution in [3.05, 3.63) is 154 Å². The van der Waals surface area contributed by atoms with E-state index in [9.17, 15) is 14.7 Å². The molecular weight excluding hydrogens is 747 g/mol. The zero-order chi connectivity index (χ0) is 41.3. The van der Waals surface area contributed by atoms with E-state index in [1.165, 1.54) is 18.2 Å². The second-order valence-electron chi connectivity index (χ2n) is 15.2. The van der Waals surface area contributed by atoms with E-state index in [1.807, 2.05) is 91.0 Å². The summed E-state index contributed by atoms with van der Waals surface area (Å²) in [6.45, 7) is 4.79. The fourth-order valence-corrected chi connectivity index (χ4v) is 7.98. The molecule has 1 saturated heterocycles. The van der Waals surface area contributed by atoms with Crippen LogP contribution in [0.4, 0.5) is 4.79 Å². The molecule has 0 saturated carbocycles. The van der Waals surface area contributed by atoms with E-state index < -0.39 is 24.3 Å². The van der Waals surface area contributed by atoms with Gasteiger partial charge in [0, 0.05) is 44.1 Å². The van der Waals surface area contributed by atoms with Gasteiger partial charge in [0.1, 0.15) is 6.04 Å². The first-order chi connectivity index (χ1) is 28.7. The fraction of sp³-hybridized carbons (Fsp3) is 0.333. The third-order valence-corrected chi connectivity index (χ3v) is 11.3. The molecular formula is C48H53N3O8. The molecule has 308 valence electrons. The second kappa shape index (κ2) is 19.4. The topological polar surface area (TPSA) is 128 Å². The van der Waals surface area contributed by atoms with Gasteiger partial charge in [-0.05, 0) is 75.2 Å². The highest BCUT2D eigenvalue weighted by Crippen LogP contribution is 2.43. The molecule has 5 aromatic rings. The van der Waals surface area contributed by atoms with Crippen LogP contribution in [0.5, 0.6) is 11.5 Å². The Morgan fingerprint density at radius 2 is 1.47 bits per heavy atom. The van der Waals surface area contributed by atoms with Crippen LogP contribution < -0.4 is 20.1 Å². The highest BCUT2D eigenvalue weighted by molar-refractivity contribution is 5.83. The van der Waals surface area contributed by atoms with Crippen molar-refractivity contribution in [2.45, 2.75) is 64.0 Å². The standard InChI is InChI=1S/C48H53N3O8/c1-31-44(29-51-21-20-38-25-42(55-2)43(56-3)26-40(38)28-51)58-47(59-45(31)35-18-16-33(30-52)17-19-35)39-15-9-14-37(24-39)36-13-8-12-34(22-36)27-49-48(54)50-41(46(53)57-4)23-32-10-6-5-7-11-32/h5-19,22,24-26,31,41,44-45,47,52H,20-21,23,27-30H2,1-4H3,(H2,49,50,54)/t31-,41-,44+,45+,47+/m0/s1. The Hall–Kier alpha value is -5.72. The Balaban J connectivity index is 1.07. The Morgan fingerprint density at radius 3 is 2.19 bits per heavy atom. The average Bonchev–Trinajstić information content (AvgIpc) is 3.28. The quantitative estimate of drug-likeness (QED) is 0.0993. The van der Waals surface area contributed by atoms with E-state index in [1.54, 1.807) is 14.2 Å². The maximum absolute atomic E-state index is 13.0. The van der Waals surface area contributed by atoms with Crippen LogP contribution in [0.25, 0.3) is 11.1 Å². The third-order valence-electron chi connectivity index (χ3n) is 11.3. The number of aliphatic hydroxyl groups is 1. The molecule has 2 heterocycles. The zero-order valence-corrected chi connectivity index (χ0v) is 34.1. The SMILES string of the molecule is COC(=O)[C@H](Cc1ccccc1)NC(=O)NCc1cccc(-c2cccc([C@@H]3O[C@H](CN4CCc5cc(OC)c(OC)cc5C4)[C@H](C)[C@H](c4ccc(CO)cc4)O3)c2)c1. The molecule has 11 nitrogen and oxygen atoms in total. The van der Waals surface area contributed by atoms with E-state index in [-0.39, 0.29) is 31.3 Å². The van der Waals surface area contributed by atoms with Gasteiger partial charge in [-0.1, -0.05) is 97.9 Å². The molecule has 7 rings (SSSR count). The maximum Gasteiger partial charge on any atom is 0.328 e. The number of esters is 1. The molecule has 2 aliphatic heterocycles. The molecule has 59 heavy (non-hydrogen) atoms. The summed E-state index contributed by atoms with van der Waals surface area (Å²) in [6.07, 6.45) is 0.187. The molecule has 5 aromatic carbocycles. The number of methoxy groups -OCH3 is 3. The molecule has 0 spiro atoms. The summed E-state index contributed by atoms with van der Waals surface area (Å²) < 4.78 is 29.9. The summed E-state index contributed by atoms with van der Waals surface area (Å²) >= 11 is 0. The first-order valence-electron chi connectivity index (χ1n) is 20.1. The van der Waals surface area contributed by atoms with E-state index in [0.717, 1.165) is 76.5 Å². The van der Waals surface area contributed by atoms with E-state index in [4.69, 9.17) is 23.7 Å². The smallest absolute Gasteiger partial charge is 0.328 e. The highest BCUT2D eigenvalue weighted by Gasteiger charge is 2.39. The van der Waals surface area contributed by atoms with Crippen molar-refractivity contribution < 1.29 is 38.4 Å². The van der Waals surface area contributed by atoms with Gasteiger partial charge >= 0.3 is 12.0 Å². The minimum Gasteiger partial charge on any atom is -0.493 e. The number of nitrogens with one attached hydrogen (secondary N) is 2. The summed E-state index contributed by atoms with van der Waals surface area (Å²) in [6, 6.07) is 36.5. The van der Waals surface area contributed by atoms with E-state index in [2.05, 4.69) is 46.7 Å². The van der Waals surface area contributed by atoms with Gasteiger partial charge in [0.05, 0.1) is 40.1 Å². The van der Waals surface area contributed by atoms with Gasteiger partial charge in [-0.15, -0.1) is 0 Å². The predicted octanol–water partition coefficient (Wildman–Crippen LogP) is 7.30. The van der Waals surface area contributed by atoms with Crippen LogP contribution in [-0.4, -0.2) is 68.6 Å². The monoisotopic (exact) mass is 799 g/mol. The van der Waals surface area contributed by atoms with Gasteiger partial charge < -0.3 is 39.4 Å². The van der Waals surface area contributed by atoms with Gasteiger partial charge in [0.15, 0.2) is 17.8 Å². The molecule has 3 N–H and O–H groups in total. The lowest BCUT2D eigenvalue weighted by Crippen LogP contribution is -2.47. The summed E-state index contributed by atoms with van der Waals surface area (Å²) in [5, 5.41) is 15.4. The highest BCUT2D eigenvalue weighted by atomic mass is 16.7. The Kier molecular flexibility index (Phi) is 13.6. The Bertz CT molecular complexity index is 2200. The van der Waals surface area contributed by atoms with Crippen LogP contribution in [0, 0.1) is 5.92 Å². The number of carbonyl (C=O) groups is 2. The van der Waals surface area contributed by atoms with Gasteiger partial charge in [0.25, 0.3) is 0 Å². The summed E-state index contributed by atoms with van der Waals surface area (Å²) in [4.78, 5) is 27.9. The minimum atomic E-state index is -0.826. The molecule has 0 unspecified atom stereocenters. The average molecular weight is 800 g/mol. The number of hydrogen-bond donors (Lipinski definition) is 3. The van der Waals surface area contributed by atoms with Crippen molar-refractivity contribution in [3.63, 3.8) is 0 Å². The molecule has 0 aromatic heterocycles. The van der Waals surface area contributed by atoms with Crippen LogP contribution in [-0.2, 0) is 51.5 Å². The lowest BCUT2D eigenvalue weighted by atomic mass is 9.89. The predicted molar refractivity (Wildman–Crippen MR) is 225 cm³/mol. The number of hydrogen-bond acceptors (Lipinski definition) is 9. The number of nitrogens with zero attached hydrogens (tertiary/aromatic N) is 1. The maximum atomic E-state index is 13.0. The normalized spacial score (nSPS) is 19.5. The van der Waals surface area contributed by atoms with E-state index in [0.29, 0.717) is 6.42 Å². The molecule has 0 aliphatic carbocycles. The van der Waals surface area contributed by atoms with Crippen molar-refractivity contribution in [1.29, 1.82) is 0 Å². The number of rotatable bonds is 14. The Labute approximate surface area is 346 Å². The largest absolute Gasteiger partial charge is 0.493 e. The third kappa shape index (κ3) is 10.1. The molecule has 11 heteroatoms. The van der Waals surface area contributed by atoms with Gasteiger partial charge in [-0.3, -0.25) is 4.90 Å². The van der Waals surface area contributed by atoms with Crippen molar-refractivity contribution in [2.24, 2.45) is 5.92 Å². The summed E-state index contributed by atoms with van der Waals surface area (Å²) in [5.74, 6) is 0.995. The number of aliphatic hydroxyl groups excluding tert-OH is 1. The number of urea groups is 1. The number of amides is 2.